The Labute approximate surface area is 113 Å². The number of carbonyl (C=O) groups is 2. The molecule has 8 heteroatoms. The number of carbonyl (C=O) groups excluding carboxylic acids is 2. The Morgan fingerprint density at radius 1 is 1.35 bits per heavy atom. The van der Waals surface area contributed by atoms with Gasteiger partial charge in [0.15, 0.2) is 11.5 Å². The Bertz CT molecular complexity index is 581. The molecule has 1 aromatic carbocycles. The SMILES string of the molecule is CCOC(=O)C(=O)Cc1cc2c(cc1[N+](=O)[O-])OCO2. The van der Waals surface area contributed by atoms with E-state index >= 15 is 0 Å². The van der Waals surface area contributed by atoms with Crippen LogP contribution in [0.5, 0.6) is 11.5 Å². The van der Waals surface area contributed by atoms with Crippen LogP contribution in [-0.2, 0) is 20.7 Å². The van der Waals surface area contributed by atoms with Gasteiger partial charge in [-0.25, -0.2) is 4.79 Å². The minimum absolute atomic E-state index is 0.0399. The molecule has 0 fully saturated rings. The molecule has 0 aliphatic carbocycles. The molecule has 0 bridgehead atoms. The number of rotatable bonds is 5. The van der Waals surface area contributed by atoms with E-state index in [-0.39, 0.29) is 30.4 Å². The molecule has 106 valence electrons. The summed E-state index contributed by atoms with van der Waals surface area (Å²) in [6.07, 6.45) is -0.425. The number of ether oxygens (including phenoxy) is 3. The molecule has 0 amide bonds. The molecule has 0 atom stereocenters. The minimum atomic E-state index is -1.01. The molecule has 0 unspecified atom stereocenters. The van der Waals surface area contributed by atoms with Crippen molar-refractivity contribution in [2.45, 2.75) is 13.3 Å². The number of nitro benzene ring substituents is 1. The molecule has 0 radical (unpaired) electrons. The summed E-state index contributed by atoms with van der Waals surface area (Å²) in [5.41, 5.74) is -0.218. The number of hydrogen-bond acceptors (Lipinski definition) is 7. The van der Waals surface area contributed by atoms with Crippen molar-refractivity contribution in [3.8, 4) is 11.5 Å². The summed E-state index contributed by atoms with van der Waals surface area (Å²) >= 11 is 0. The first kappa shape index (κ1) is 13.8. The second-order valence-electron chi connectivity index (χ2n) is 3.91. The molecule has 1 heterocycles. The van der Waals surface area contributed by atoms with Crippen LogP contribution >= 0.6 is 0 Å². The first-order chi connectivity index (χ1) is 9.52. The summed E-state index contributed by atoms with van der Waals surface area (Å²) in [6, 6.07) is 2.51. The molecule has 20 heavy (non-hydrogen) atoms. The van der Waals surface area contributed by atoms with E-state index in [1.165, 1.54) is 12.1 Å². The smallest absolute Gasteiger partial charge is 0.374 e. The molecule has 0 saturated heterocycles. The summed E-state index contributed by atoms with van der Waals surface area (Å²) in [5.74, 6) is -1.32. The van der Waals surface area contributed by atoms with E-state index in [9.17, 15) is 19.7 Å². The fourth-order valence-electron chi connectivity index (χ4n) is 1.74. The molecular weight excluding hydrogens is 270 g/mol. The first-order valence-electron chi connectivity index (χ1n) is 5.79. The average molecular weight is 281 g/mol. The normalized spacial score (nSPS) is 12.1. The highest BCUT2D eigenvalue weighted by atomic mass is 16.7. The van der Waals surface area contributed by atoms with Gasteiger partial charge in [0.25, 0.3) is 5.69 Å². The number of hydrogen-bond donors (Lipinski definition) is 0. The monoisotopic (exact) mass is 281 g/mol. The molecular formula is C12H11NO7. The van der Waals surface area contributed by atoms with Gasteiger partial charge < -0.3 is 14.2 Å². The van der Waals surface area contributed by atoms with Gasteiger partial charge in [-0.3, -0.25) is 14.9 Å². The number of ketones is 1. The lowest BCUT2D eigenvalue weighted by Crippen LogP contribution is -2.19. The Morgan fingerprint density at radius 3 is 2.60 bits per heavy atom. The molecule has 1 aliphatic rings. The van der Waals surface area contributed by atoms with Gasteiger partial charge in [-0.05, 0) is 13.0 Å². The van der Waals surface area contributed by atoms with Gasteiger partial charge >= 0.3 is 5.97 Å². The van der Waals surface area contributed by atoms with Gasteiger partial charge in [0, 0.05) is 12.0 Å². The molecule has 8 nitrogen and oxygen atoms in total. The average Bonchev–Trinajstić information content (AvgIpc) is 2.84. The number of esters is 1. The zero-order chi connectivity index (χ0) is 14.7. The van der Waals surface area contributed by atoms with Crippen LogP contribution in [0.2, 0.25) is 0 Å². The summed E-state index contributed by atoms with van der Waals surface area (Å²) < 4.78 is 14.7. The van der Waals surface area contributed by atoms with E-state index in [1.807, 2.05) is 0 Å². The standard InChI is InChI=1S/C12H11NO7/c1-2-18-12(15)9(14)3-7-4-10-11(20-6-19-10)5-8(7)13(16)17/h4-5H,2-3,6H2,1H3. The predicted molar refractivity (Wildman–Crippen MR) is 64.6 cm³/mol. The molecule has 1 aromatic rings. The second kappa shape index (κ2) is 5.55. The lowest BCUT2D eigenvalue weighted by Gasteiger charge is -2.04. The number of benzene rings is 1. The topological polar surface area (TPSA) is 105 Å². The van der Waals surface area contributed by atoms with Crippen LogP contribution in [0.4, 0.5) is 5.69 Å². The lowest BCUT2D eigenvalue weighted by molar-refractivity contribution is -0.385. The minimum Gasteiger partial charge on any atom is -0.460 e. The van der Waals surface area contributed by atoms with Crippen molar-refractivity contribution < 1.29 is 28.7 Å². The van der Waals surface area contributed by atoms with Gasteiger partial charge in [0.05, 0.1) is 17.6 Å². The third-order valence-corrected chi connectivity index (χ3v) is 2.62. The molecule has 2 rings (SSSR count). The van der Waals surface area contributed by atoms with Crippen molar-refractivity contribution in [3.05, 3.63) is 27.8 Å². The third kappa shape index (κ3) is 2.68. The van der Waals surface area contributed by atoms with E-state index in [0.717, 1.165) is 0 Å². The van der Waals surface area contributed by atoms with E-state index in [2.05, 4.69) is 4.74 Å². The number of fused-ring (bicyclic) bond motifs is 1. The largest absolute Gasteiger partial charge is 0.460 e. The van der Waals surface area contributed by atoms with Crippen LogP contribution < -0.4 is 9.47 Å². The maximum atomic E-state index is 11.6. The maximum Gasteiger partial charge on any atom is 0.374 e. The van der Waals surface area contributed by atoms with Crippen molar-refractivity contribution in [2.75, 3.05) is 13.4 Å². The highest BCUT2D eigenvalue weighted by Gasteiger charge is 2.26. The number of nitrogens with zero attached hydrogens (tertiary/aromatic N) is 1. The van der Waals surface area contributed by atoms with Gasteiger partial charge in [-0.15, -0.1) is 0 Å². The molecule has 0 aromatic heterocycles. The van der Waals surface area contributed by atoms with Gasteiger partial charge in [0.1, 0.15) is 0 Å². The maximum absolute atomic E-state index is 11.6. The van der Waals surface area contributed by atoms with E-state index in [0.29, 0.717) is 5.75 Å². The van der Waals surface area contributed by atoms with Gasteiger partial charge in [-0.2, -0.15) is 0 Å². The Morgan fingerprint density at radius 2 is 2.00 bits per heavy atom. The van der Waals surface area contributed by atoms with Crippen LogP contribution in [0.1, 0.15) is 12.5 Å². The van der Waals surface area contributed by atoms with Crippen LogP contribution in [-0.4, -0.2) is 30.1 Å². The van der Waals surface area contributed by atoms with Crippen molar-refractivity contribution in [3.63, 3.8) is 0 Å². The summed E-state index contributed by atoms with van der Waals surface area (Å²) in [5, 5.41) is 11.0. The quantitative estimate of drug-likeness (QED) is 0.343. The molecule has 0 saturated carbocycles. The van der Waals surface area contributed by atoms with Crippen molar-refractivity contribution in [1.82, 2.24) is 0 Å². The highest BCUT2D eigenvalue weighted by molar-refractivity contribution is 6.34. The molecule has 0 spiro atoms. The Balaban J connectivity index is 2.28. The molecule has 0 N–H and O–H groups in total. The van der Waals surface area contributed by atoms with Crippen LogP contribution in [0.3, 0.4) is 0 Å². The lowest BCUT2D eigenvalue weighted by atomic mass is 10.1. The van der Waals surface area contributed by atoms with Crippen LogP contribution in [0, 0.1) is 10.1 Å². The number of nitro groups is 1. The van der Waals surface area contributed by atoms with Gasteiger partial charge in [0.2, 0.25) is 12.6 Å². The van der Waals surface area contributed by atoms with E-state index in [1.54, 1.807) is 6.92 Å². The zero-order valence-corrected chi connectivity index (χ0v) is 10.6. The van der Waals surface area contributed by atoms with E-state index < -0.39 is 23.1 Å². The van der Waals surface area contributed by atoms with E-state index in [4.69, 9.17) is 9.47 Å². The molecule has 1 aliphatic heterocycles. The predicted octanol–water partition coefficient (Wildman–Crippen LogP) is 0.998. The van der Waals surface area contributed by atoms with Crippen LogP contribution in [0.15, 0.2) is 12.1 Å². The van der Waals surface area contributed by atoms with Crippen molar-refractivity contribution in [2.24, 2.45) is 0 Å². The summed E-state index contributed by atoms with van der Waals surface area (Å²) in [6.45, 7) is 1.59. The Kier molecular flexibility index (Phi) is 3.83. The van der Waals surface area contributed by atoms with Crippen LogP contribution in [0.25, 0.3) is 0 Å². The fourth-order valence-corrected chi connectivity index (χ4v) is 1.74. The van der Waals surface area contributed by atoms with Crippen molar-refractivity contribution in [1.29, 1.82) is 0 Å². The zero-order valence-electron chi connectivity index (χ0n) is 10.6. The first-order valence-corrected chi connectivity index (χ1v) is 5.79. The highest BCUT2D eigenvalue weighted by Crippen LogP contribution is 2.38. The third-order valence-electron chi connectivity index (χ3n) is 2.62. The Hall–Kier alpha value is -2.64. The summed E-state index contributed by atoms with van der Waals surface area (Å²) in [7, 11) is 0. The second-order valence-corrected chi connectivity index (χ2v) is 3.91. The summed E-state index contributed by atoms with van der Waals surface area (Å²) in [4.78, 5) is 33.2. The fraction of sp³-hybridized carbons (Fsp3) is 0.333. The number of Topliss-reactive ketones (excluding diaryl/α,β-unsaturated/α-hetero) is 1. The van der Waals surface area contributed by atoms with Crippen molar-refractivity contribution >= 4 is 17.4 Å². The van der Waals surface area contributed by atoms with Gasteiger partial charge in [-0.1, -0.05) is 0 Å².